The molecule has 0 bridgehead atoms. The second-order valence-corrected chi connectivity index (χ2v) is 10.0. The lowest BCUT2D eigenvalue weighted by Crippen LogP contribution is -2.48. The molecule has 2 amide bonds. The molecule has 0 unspecified atom stereocenters. The summed E-state index contributed by atoms with van der Waals surface area (Å²) >= 11 is 0. The summed E-state index contributed by atoms with van der Waals surface area (Å²) < 4.78 is 0. The Balaban J connectivity index is 1.68. The topological polar surface area (TPSA) is 113 Å². The van der Waals surface area contributed by atoms with Gasteiger partial charge in [-0.3, -0.25) is 29.5 Å². The van der Waals surface area contributed by atoms with E-state index in [0.29, 0.717) is 5.56 Å². The van der Waals surface area contributed by atoms with Crippen LogP contribution in [0.25, 0.3) is 0 Å². The number of aryl methyl sites for hydroxylation is 1. The van der Waals surface area contributed by atoms with Crippen molar-refractivity contribution >= 4 is 35.2 Å². The number of benzene rings is 2. The molecule has 2 aromatic rings. The fourth-order valence-electron chi connectivity index (χ4n) is 5.30. The van der Waals surface area contributed by atoms with Crippen LogP contribution in [-0.4, -0.2) is 39.8 Å². The van der Waals surface area contributed by atoms with Gasteiger partial charge in [-0.25, -0.2) is 4.90 Å². The molecule has 9 nitrogen and oxygen atoms in total. The lowest BCUT2D eigenvalue weighted by Gasteiger charge is -2.35. The molecule has 0 spiro atoms. The van der Waals surface area contributed by atoms with Crippen LogP contribution in [0, 0.1) is 34.3 Å². The molecule has 3 aliphatic rings. The van der Waals surface area contributed by atoms with E-state index in [2.05, 4.69) is 5.10 Å². The molecule has 9 heteroatoms. The fraction of sp³-hybridized carbons (Fsp3) is 0.360. The van der Waals surface area contributed by atoms with Gasteiger partial charge in [-0.2, -0.15) is 5.10 Å². The zero-order valence-electron chi connectivity index (χ0n) is 19.3. The van der Waals surface area contributed by atoms with Crippen LogP contribution in [0.2, 0.25) is 0 Å². The molecule has 34 heavy (non-hydrogen) atoms. The van der Waals surface area contributed by atoms with Crippen LogP contribution in [-0.2, 0) is 14.4 Å². The van der Waals surface area contributed by atoms with Gasteiger partial charge in [-0.15, -0.1) is 0 Å². The minimum atomic E-state index is -0.939. The van der Waals surface area contributed by atoms with E-state index >= 15 is 0 Å². The number of Topliss-reactive ketones (excluding diaryl/α,β-unsaturated/α-hetero) is 1. The lowest BCUT2D eigenvalue weighted by molar-refractivity contribution is -0.384. The van der Waals surface area contributed by atoms with Crippen LogP contribution in [0.3, 0.4) is 0 Å². The van der Waals surface area contributed by atoms with Gasteiger partial charge in [-0.1, -0.05) is 51.1 Å². The van der Waals surface area contributed by atoms with E-state index in [-0.39, 0.29) is 17.2 Å². The van der Waals surface area contributed by atoms with Gasteiger partial charge in [0.25, 0.3) is 5.69 Å². The Morgan fingerprint density at radius 1 is 1.06 bits per heavy atom. The molecule has 3 heterocycles. The Morgan fingerprint density at radius 2 is 1.74 bits per heavy atom. The van der Waals surface area contributed by atoms with E-state index in [1.54, 1.807) is 38.9 Å². The molecule has 0 aliphatic carbocycles. The summed E-state index contributed by atoms with van der Waals surface area (Å²) in [5.74, 6) is -2.94. The van der Waals surface area contributed by atoms with E-state index in [1.807, 2.05) is 24.3 Å². The largest absolute Gasteiger partial charge is 0.297 e. The summed E-state index contributed by atoms with van der Waals surface area (Å²) in [5.41, 5.74) is 1.42. The number of imide groups is 1. The van der Waals surface area contributed by atoms with E-state index in [0.717, 1.165) is 16.0 Å². The molecule has 174 valence electrons. The predicted molar refractivity (Wildman–Crippen MR) is 124 cm³/mol. The minimum Gasteiger partial charge on any atom is -0.297 e. The molecule has 0 aromatic heterocycles. The van der Waals surface area contributed by atoms with Crippen molar-refractivity contribution in [2.45, 2.75) is 39.8 Å². The molecule has 0 radical (unpaired) electrons. The first-order valence-corrected chi connectivity index (χ1v) is 11.1. The number of ketones is 1. The van der Waals surface area contributed by atoms with Crippen LogP contribution in [0.15, 0.2) is 47.6 Å². The normalized spacial score (nSPS) is 25.3. The zero-order valence-corrected chi connectivity index (χ0v) is 19.3. The highest BCUT2D eigenvalue weighted by Crippen LogP contribution is 2.54. The number of nitro groups is 1. The van der Waals surface area contributed by atoms with Gasteiger partial charge in [0, 0.05) is 17.5 Å². The van der Waals surface area contributed by atoms with Crippen molar-refractivity contribution in [3.05, 3.63) is 69.3 Å². The van der Waals surface area contributed by atoms with Crippen molar-refractivity contribution in [2.24, 2.45) is 22.4 Å². The molecule has 2 aromatic carbocycles. The van der Waals surface area contributed by atoms with Gasteiger partial charge >= 0.3 is 0 Å². The molecular weight excluding hydrogens is 436 g/mol. The summed E-state index contributed by atoms with van der Waals surface area (Å²) in [7, 11) is 0. The number of amides is 2. The van der Waals surface area contributed by atoms with Gasteiger partial charge in [0.1, 0.15) is 6.04 Å². The second-order valence-electron chi connectivity index (χ2n) is 10.0. The first-order chi connectivity index (χ1) is 16.0. The Labute approximate surface area is 196 Å². The molecule has 4 atom stereocenters. The lowest BCUT2D eigenvalue weighted by atomic mass is 9.79. The van der Waals surface area contributed by atoms with Crippen molar-refractivity contribution in [3.8, 4) is 0 Å². The summed E-state index contributed by atoms with van der Waals surface area (Å²) in [6.45, 7) is 7.03. The van der Waals surface area contributed by atoms with Crippen LogP contribution >= 0.6 is 0 Å². The smallest absolute Gasteiger partial charge is 0.271 e. The molecule has 5 rings (SSSR count). The van der Waals surface area contributed by atoms with Crippen molar-refractivity contribution in [1.29, 1.82) is 0 Å². The highest BCUT2D eigenvalue weighted by molar-refractivity contribution is 6.24. The summed E-state index contributed by atoms with van der Waals surface area (Å²) in [6.07, 6.45) is 1.66. The number of nitrogens with zero attached hydrogens (tertiary/aromatic N) is 4. The SMILES string of the molecule is Cc1ccc([N+](=O)[O-])cc1N1C(=O)[C@@H]2[C@H](C1=O)[C@@H]1c3ccccc3C=NN1[C@H]2C(=O)C(C)(C)C. The Bertz CT molecular complexity index is 1290. The summed E-state index contributed by atoms with van der Waals surface area (Å²) in [4.78, 5) is 53.1. The molecular formula is C25H24N4O5. The maximum Gasteiger partial charge on any atom is 0.271 e. The number of fused-ring (bicyclic) bond motifs is 5. The van der Waals surface area contributed by atoms with E-state index in [9.17, 15) is 24.5 Å². The molecule has 3 aliphatic heterocycles. The van der Waals surface area contributed by atoms with Gasteiger partial charge < -0.3 is 0 Å². The number of anilines is 1. The Kier molecular flexibility index (Phi) is 4.72. The summed E-state index contributed by atoms with van der Waals surface area (Å²) in [6, 6.07) is 10.1. The number of hydrogen-bond donors (Lipinski definition) is 0. The average molecular weight is 460 g/mol. The highest BCUT2D eigenvalue weighted by atomic mass is 16.6. The van der Waals surface area contributed by atoms with Crippen molar-refractivity contribution in [1.82, 2.24) is 5.01 Å². The third kappa shape index (κ3) is 2.99. The Morgan fingerprint density at radius 3 is 2.41 bits per heavy atom. The maximum absolute atomic E-state index is 13.9. The number of hydrogen-bond acceptors (Lipinski definition) is 7. The van der Waals surface area contributed by atoms with Crippen molar-refractivity contribution in [2.75, 3.05) is 4.90 Å². The standard InChI is InChI=1S/C25H24N4O5/c1-13-9-10-15(29(33)34)11-17(13)27-23(31)18-19(24(27)32)21(22(30)25(2,3)4)28-20(18)16-8-6-5-7-14(16)12-26-28/h5-12,18-21H,1-4H3/t18-,19+,20-,21+/m0/s1. The van der Waals surface area contributed by atoms with Gasteiger partial charge in [0.05, 0.1) is 34.7 Å². The van der Waals surface area contributed by atoms with Crippen LogP contribution in [0.5, 0.6) is 0 Å². The summed E-state index contributed by atoms with van der Waals surface area (Å²) in [5, 5.41) is 17.5. The van der Waals surface area contributed by atoms with Gasteiger partial charge in [-0.05, 0) is 23.6 Å². The zero-order chi connectivity index (χ0) is 24.5. The number of non-ortho nitro benzene ring substituents is 1. The Hall–Kier alpha value is -3.88. The number of carbonyl (C=O) groups is 3. The van der Waals surface area contributed by atoms with Crippen molar-refractivity contribution < 1.29 is 19.3 Å². The first kappa shape index (κ1) is 21.9. The van der Waals surface area contributed by atoms with Crippen LogP contribution in [0.4, 0.5) is 11.4 Å². The molecule has 0 saturated carbocycles. The van der Waals surface area contributed by atoms with Gasteiger partial charge in [0.2, 0.25) is 11.8 Å². The fourth-order valence-corrected chi connectivity index (χ4v) is 5.30. The minimum absolute atomic E-state index is 0.180. The second kappa shape index (κ2) is 7.31. The number of nitro benzene ring substituents is 1. The molecule has 2 saturated heterocycles. The van der Waals surface area contributed by atoms with Crippen molar-refractivity contribution in [3.63, 3.8) is 0 Å². The van der Waals surface area contributed by atoms with E-state index in [4.69, 9.17) is 0 Å². The van der Waals surface area contributed by atoms with Crippen LogP contribution < -0.4 is 4.90 Å². The molecule has 2 fully saturated rings. The third-order valence-corrected chi connectivity index (χ3v) is 6.95. The van der Waals surface area contributed by atoms with E-state index < -0.39 is 46.1 Å². The third-order valence-electron chi connectivity index (χ3n) is 6.95. The number of rotatable bonds is 3. The number of hydrazone groups is 1. The average Bonchev–Trinajstić information content (AvgIpc) is 3.25. The predicted octanol–water partition coefficient (Wildman–Crippen LogP) is 3.40. The first-order valence-electron chi connectivity index (χ1n) is 11.1. The van der Waals surface area contributed by atoms with Crippen LogP contribution in [0.1, 0.15) is 43.5 Å². The number of carbonyl (C=O) groups excluding carboxylic acids is 3. The quantitative estimate of drug-likeness (QED) is 0.394. The monoisotopic (exact) mass is 460 g/mol. The highest BCUT2D eigenvalue weighted by Gasteiger charge is 2.66. The van der Waals surface area contributed by atoms with Gasteiger partial charge in [0.15, 0.2) is 5.78 Å². The van der Waals surface area contributed by atoms with E-state index in [1.165, 1.54) is 18.2 Å². The molecule has 0 N–H and O–H groups in total. The maximum atomic E-state index is 13.9.